The first kappa shape index (κ1) is 23.4. The van der Waals surface area contributed by atoms with Crippen molar-refractivity contribution < 1.29 is 19.5 Å². The molecule has 2 amide bonds. The zero-order valence-electron chi connectivity index (χ0n) is 17.8. The first-order valence-corrected chi connectivity index (χ1v) is 10.2. The number of imide groups is 1. The molecule has 0 atom stereocenters. The Morgan fingerprint density at radius 1 is 1.00 bits per heavy atom. The molecule has 3 rings (SSSR count). The Morgan fingerprint density at radius 2 is 1.60 bits per heavy atom. The fourth-order valence-corrected chi connectivity index (χ4v) is 2.99. The van der Waals surface area contributed by atoms with E-state index in [1.54, 1.807) is 24.3 Å². The van der Waals surface area contributed by atoms with Crippen LogP contribution < -0.4 is 11.1 Å². The Balaban J connectivity index is 0.000000303. The van der Waals surface area contributed by atoms with Crippen molar-refractivity contribution in [2.24, 2.45) is 11.1 Å². The van der Waals surface area contributed by atoms with Gasteiger partial charge in [0.05, 0.1) is 17.7 Å². The lowest BCUT2D eigenvalue weighted by molar-refractivity contribution is 0.0879. The SMILES string of the molecule is CCC(C)(C)CCCN.O=C(c1ccc(CO)cc1)c1ccc2c(c1)C(=O)NC2=O. The molecule has 2 aromatic carbocycles. The zero-order chi connectivity index (χ0) is 22.3. The van der Waals surface area contributed by atoms with Crippen molar-refractivity contribution in [2.75, 3.05) is 6.54 Å². The van der Waals surface area contributed by atoms with Crippen molar-refractivity contribution in [2.45, 2.75) is 46.6 Å². The van der Waals surface area contributed by atoms with Gasteiger partial charge >= 0.3 is 0 Å². The van der Waals surface area contributed by atoms with E-state index in [1.165, 1.54) is 37.5 Å². The molecule has 0 bridgehead atoms. The smallest absolute Gasteiger partial charge is 0.258 e. The zero-order valence-corrected chi connectivity index (χ0v) is 17.8. The van der Waals surface area contributed by atoms with E-state index in [-0.39, 0.29) is 23.5 Å². The molecule has 30 heavy (non-hydrogen) atoms. The Bertz CT molecular complexity index is 917. The van der Waals surface area contributed by atoms with E-state index in [0.717, 1.165) is 6.54 Å². The molecule has 4 N–H and O–H groups in total. The molecule has 0 spiro atoms. The van der Waals surface area contributed by atoms with Crippen molar-refractivity contribution in [3.8, 4) is 0 Å². The topological polar surface area (TPSA) is 109 Å². The third-order valence-electron chi connectivity index (χ3n) is 5.41. The minimum absolute atomic E-state index is 0.0877. The summed E-state index contributed by atoms with van der Waals surface area (Å²) in [6, 6.07) is 11.0. The summed E-state index contributed by atoms with van der Waals surface area (Å²) < 4.78 is 0. The van der Waals surface area contributed by atoms with E-state index in [1.807, 2.05) is 0 Å². The molecule has 0 saturated heterocycles. The van der Waals surface area contributed by atoms with Crippen LogP contribution in [0.4, 0.5) is 0 Å². The van der Waals surface area contributed by atoms with E-state index < -0.39 is 11.8 Å². The van der Waals surface area contributed by atoms with Crippen molar-refractivity contribution in [1.29, 1.82) is 0 Å². The van der Waals surface area contributed by atoms with Gasteiger partial charge < -0.3 is 10.8 Å². The number of amides is 2. The van der Waals surface area contributed by atoms with Crippen LogP contribution in [0, 0.1) is 5.41 Å². The van der Waals surface area contributed by atoms with Crippen LogP contribution in [0.3, 0.4) is 0 Å². The van der Waals surface area contributed by atoms with Crippen molar-refractivity contribution >= 4 is 17.6 Å². The number of aliphatic hydroxyl groups is 1. The minimum atomic E-state index is -0.486. The molecule has 0 aliphatic carbocycles. The third-order valence-corrected chi connectivity index (χ3v) is 5.41. The Hall–Kier alpha value is -2.83. The number of nitrogens with two attached hydrogens (primary N) is 1. The van der Waals surface area contributed by atoms with E-state index >= 15 is 0 Å². The molecule has 2 aromatic rings. The summed E-state index contributed by atoms with van der Waals surface area (Å²) in [5.74, 6) is -1.17. The highest BCUT2D eigenvalue weighted by atomic mass is 16.3. The molecule has 160 valence electrons. The average molecular weight is 411 g/mol. The van der Waals surface area contributed by atoms with Crippen molar-refractivity contribution in [1.82, 2.24) is 5.32 Å². The molecule has 0 fully saturated rings. The normalized spacial score (nSPS) is 12.7. The summed E-state index contributed by atoms with van der Waals surface area (Å²) in [4.78, 5) is 35.4. The maximum absolute atomic E-state index is 12.4. The highest BCUT2D eigenvalue weighted by Gasteiger charge is 2.27. The Kier molecular flexibility index (Phi) is 8.03. The molecule has 0 unspecified atom stereocenters. The molecule has 0 saturated carbocycles. The summed E-state index contributed by atoms with van der Waals surface area (Å²) in [7, 11) is 0. The van der Waals surface area contributed by atoms with Crippen LogP contribution in [0.2, 0.25) is 0 Å². The van der Waals surface area contributed by atoms with Gasteiger partial charge in [-0.3, -0.25) is 19.7 Å². The molecule has 1 aliphatic heterocycles. The molecule has 0 radical (unpaired) electrons. The van der Waals surface area contributed by atoms with Gasteiger partial charge in [-0.2, -0.15) is 0 Å². The first-order valence-electron chi connectivity index (χ1n) is 10.2. The van der Waals surface area contributed by atoms with Gasteiger partial charge in [-0.1, -0.05) is 57.5 Å². The monoisotopic (exact) mass is 410 g/mol. The number of aliphatic hydroxyl groups excluding tert-OH is 1. The van der Waals surface area contributed by atoms with Gasteiger partial charge in [-0.25, -0.2) is 0 Å². The summed E-state index contributed by atoms with van der Waals surface area (Å²) >= 11 is 0. The van der Waals surface area contributed by atoms with Gasteiger partial charge in [0.2, 0.25) is 0 Å². The first-order chi connectivity index (χ1) is 14.2. The van der Waals surface area contributed by atoms with Crippen LogP contribution in [-0.2, 0) is 6.61 Å². The third kappa shape index (κ3) is 5.84. The second-order valence-corrected chi connectivity index (χ2v) is 8.14. The lowest BCUT2D eigenvalue weighted by Crippen LogP contribution is -2.19. The standard InChI is InChI=1S/C16H11NO4.C8H19N/c18-8-9-1-3-10(4-2-9)14(19)11-5-6-12-13(7-11)16(21)17-15(12)20;1-4-8(2,3)6-5-7-9/h1-7,18H,8H2,(H,17,20,21);4-7,9H2,1-3H3. The second kappa shape index (κ2) is 10.3. The number of carbonyl (C=O) groups is 3. The molecular weight excluding hydrogens is 380 g/mol. The van der Waals surface area contributed by atoms with Crippen LogP contribution in [0.25, 0.3) is 0 Å². The molecule has 1 aliphatic rings. The van der Waals surface area contributed by atoms with E-state index in [2.05, 4.69) is 26.1 Å². The minimum Gasteiger partial charge on any atom is -0.392 e. The highest BCUT2D eigenvalue weighted by molar-refractivity contribution is 6.22. The number of benzene rings is 2. The summed E-state index contributed by atoms with van der Waals surface area (Å²) in [5.41, 5.74) is 7.92. The van der Waals surface area contributed by atoms with Gasteiger partial charge in [-0.05, 0) is 42.5 Å². The van der Waals surface area contributed by atoms with E-state index in [9.17, 15) is 14.4 Å². The van der Waals surface area contributed by atoms with Gasteiger partial charge in [0, 0.05) is 11.1 Å². The van der Waals surface area contributed by atoms with Gasteiger partial charge in [0.1, 0.15) is 0 Å². The second-order valence-electron chi connectivity index (χ2n) is 8.14. The van der Waals surface area contributed by atoms with Crippen molar-refractivity contribution in [3.63, 3.8) is 0 Å². The average Bonchev–Trinajstić information content (AvgIpc) is 3.05. The predicted octanol–water partition coefficient (Wildman–Crippen LogP) is 3.46. The van der Waals surface area contributed by atoms with Crippen molar-refractivity contribution in [3.05, 3.63) is 70.3 Å². The summed E-state index contributed by atoms with van der Waals surface area (Å²) in [5, 5.41) is 11.2. The van der Waals surface area contributed by atoms with Crippen LogP contribution in [0.5, 0.6) is 0 Å². The fraction of sp³-hybridized carbons (Fsp3) is 0.375. The van der Waals surface area contributed by atoms with E-state index in [0.29, 0.717) is 22.1 Å². The fourth-order valence-electron chi connectivity index (χ4n) is 2.99. The lowest BCUT2D eigenvalue weighted by atomic mass is 9.85. The largest absolute Gasteiger partial charge is 0.392 e. The predicted molar refractivity (Wildman–Crippen MR) is 116 cm³/mol. The highest BCUT2D eigenvalue weighted by Crippen LogP contribution is 2.25. The number of carbonyl (C=O) groups excluding carboxylic acids is 3. The quantitative estimate of drug-likeness (QED) is 0.478. The number of nitrogens with one attached hydrogen (secondary N) is 1. The molecule has 0 aromatic heterocycles. The van der Waals surface area contributed by atoms with Crippen LogP contribution in [0.15, 0.2) is 42.5 Å². The van der Waals surface area contributed by atoms with Crippen LogP contribution >= 0.6 is 0 Å². The molecular formula is C24H30N2O4. The van der Waals surface area contributed by atoms with Crippen LogP contribution in [-0.4, -0.2) is 29.2 Å². The molecule has 6 heteroatoms. The number of fused-ring (bicyclic) bond motifs is 1. The Morgan fingerprint density at radius 3 is 2.17 bits per heavy atom. The number of hydrogen-bond donors (Lipinski definition) is 3. The van der Waals surface area contributed by atoms with Gasteiger partial charge in [0.15, 0.2) is 5.78 Å². The van der Waals surface area contributed by atoms with Gasteiger partial charge in [0.25, 0.3) is 11.8 Å². The number of ketones is 1. The van der Waals surface area contributed by atoms with E-state index in [4.69, 9.17) is 10.8 Å². The van der Waals surface area contributed by atoms with Crippen LogP contribution in [0.1, 0.15) is 82.2 Å². The maximum Gasteiger partial charge on any atom is 0.258 e. The maximum atomic E-state index is 12.4. The lowest BCUT2D eigenvalue weighted by Gasteiger charge is -2.21. The number of rotatable bonds is 7. The molecule has 1 heterocycles. The van der Waals surface area contributed by atoms with Gasteiger partial charge in [-0.15, -0.1) is 0 Å². The summed E-state index contributed by atoms with van der Waals surface area (Å²) in [6.45, 7) is 7.57. The summed E-state index contributed by atoms with van der Waals surface area (Å²) in [6.07, 6.45) is 3.69. The Labute approximate surface area is 177 Å². The molecule has 6 nitrogen and oxygen atoms in total. The number of hydrogen-bond acceptors (Lipinski definition) is 5.